The SMILES string of the molecule is OC1(Cc2ccc(Cl)cn2)CNC1. The molecule has 13 heavy (non-hydrogen) atoms. The molecule has 2 rings (SSSR count). The molecule has 2 heterocycles. The van der Waals surface area contributed by atoms with Gasteiger partial charge in [-0.2, -0.15) is 0 Å². The number of nitrogens with zero attached hydrogens (tertiary/aromatic N) is 1. The van der Waals surface area contributed by atoms with Gasteiger partial charge in [0.15, 0.2) is 0 Å². The maximum Gasteiger partial charge on any atom is 0.0950 e. The van der Waals surface area contributed by atoms with Crippen LogP contribution in [0, 0.1) is 0 Å². The third-order valence-electron chi connectivity index (χ3n) is 2.21. The van der Waals surface area contributed by atoms with Crippen molar-refractivity contribution in [2.75, 3.05) is 13.1 Å². The van der Waals surface area contributed by atoms with Crippen LogP contribution in [-0.4, -0.2) is 28.8 Å². The largest absolute Gasteiger partial charge is 0.387 e. The van der Waals surface area contributed by atoms with Crippen LogP contribution >= 0.6 is 11.6 Å². The quantitative estimate of drug-likeness (QED) is 0.732. The summed E-state index contributed by atoms with van der Waals surface area (Å²) < 4.78 is 0. The van der Waals surface area contributed by atoms with Crippen LogP contribution in [0.1, 0.15) is 5.69 Å². The van der Waals surface area contributed by atoms with Crippen LogP contribution < -0.4 is 5.32 Å². The molecule has 0 aliphatic carbocycles. The minimum atomic E-state index is -0.596. The third kappa shape index (κ3) is 1.99. The molecular weight excluding hydrogens is 188 g/mol. The minimum absolute atomic E-state index is 0.594. The number of aromatic nitrogens is 1. The van der Waals surface area contributed by atoms with Gasteiger partial charge in [0.2, 0.25) is 0 Å². The molecule has 0 aromatic carbocycles. The fourth-order valence-corrected chi connectivity index (χ4v) is 1.50. The summed E-state index contributed by atoms with van der Waals surface area (Å²) in [7, 11) is 0. The lowest BCUT2D eigenvalue weighted by Crippen LogP contribution is -2.60. The lowest BCUT2D eigenvalue weighted by Gasteiger charge is -2.37. The Morgan fingerprint density at radius 1 is 1.54 bits per heavy atom. The Balaban J connectivity index is 2.05. The van der Waals surface area contributed by atoms with E-state index in [4.69, 9.17) is 11.6 Å². The maximum absolute atomic E-state index is 9.80. The highest BCUT2D eigenvalue weighted by Gasteiger charge is 2.34. The van der Waals surface area contributed by atoms with Crippen molar-refractivity contribution in [3.8, 4) is 0 Å². The molecule has 1 aliphatic heterocycles. The van der Waals surface area contributed by atoms with E-state index < -0.39 is 5.60 Å². The molecule has 0 unspecified atom stereocenters. The lowest BCUT2D eigenvalue weighted by molar-refractivity contribution is -0.00981. The van der Waals surface area contributed by atoms with E-state index >= 15 is 0 Å². The van der Waals surface area contributed by atoms with Gasteiger partial charge in [0.25, 0.3) is 0 Å². The number of nitrogens with one attached hydrogen (secondary N) is 1. The topological polar surface area (TPSA) is 45.2 Å². The van der Waals surface area contributed by atoms with Gasteiger partial charge in [-0.1, -0.05) is 11.6 Å². The zero-order valence-electron chi connectivity index (χ0n) is 7.13. The molecule has 0 amide bonds. The number of pyridine rings is 1. The van der Waals surface area contributed by atoms with E-state index in [2.05, 4.69) is 10.3 Å². The number of aliphatic hydroxyl groups is 1. The summed E-state index contributed by atoms with van der Waals surface area (Å²) in [4.78, 5) is 4.13. The summed E-state index contributed by atoms with van der Waals surface area (Å²) in [6.07, 6.45) is 2.20. The predicted molar refractivity (Wildman–Crippen MR) is 50.8 cm³/mol. The van der Waals surface area contributed by atoms with Gasteiger partial charge in [-0.15, -0.1) is 0 Å². The van der Waals surface area contributed by atoms with E-state index in [0.717, 1.165) is 5.69 Å². The van der Waals surface area contributed by atoms with Crippen molar-refractivity contribution < 1.29 is 5.11 Å². The fourth-order valence-electron chi connectivity index (χ4n) is 1.39. The first-order valence-corrected chi connectivity index (χ1v) is 4.59. The molecule has 4 heteroatoms. The molecule has 3 nitrogen and oxygen atoms in total. The molecule has 0 radical (unpaired) electrons. The lowest BCUT2D eigenvalue weighted by atomic mass is 9.91. The molecule has 1 aromatic rings. The Labute approximate surface area is 81.8 Å². The maximum atomic E-state index is 9.80. The summed E-state index contributed by atoms with van der Waals surface area (Å²) in [5.41, 5.74) is 0.286. The summed E-state index contributed by atoms with van der Waals surface area (Å²) >= 11 is 5.69. The second kappa shape index (κ2) is 3.25. The highest BCUT2D eigenvalue weighted by molar-refractivity contribution is 6.30. The van der Waals surface area contributed by atoms with Crippen molar-refractivity contribution in [2.24, 2.45) is 0 Å². The molecule has 70 valence electrons. The molecule has 0 atom stereocenters. The van der Waals surface area contributed by atoms with Crippen LogP contribution in [-0.2, 0) is 6.42 Å². The summed E-state index contributed by atoms with van der Waals surface area (Å²) in [5, 5.41) is 13.5. The van der Waals surface area contributed by atoms with E-state index in [1.54, 1.807) is 12.3 Å². The molecular formula is C9H11ClN2O. The number of hydrogen-bond acceptors (Lipinski definition) is 3. The monoisotopic (exact) mass is 198 g/mol. The average molecular weight is 199 g/mol. The van der Waals surface area contributed by atoms with E-state index in [1.165, 1.54) is 0 Å². The van der Waals surface area contributed by atoms with Gasteiger partial charge in [-0.3, -0.25) is 4.98 Å². The number of β-amino-alcohol motifs (C(OH)–C–C–N with tert-alkyl or cyclic N) is 1. The van der Waals surface area contributed by atoms with Crippen LogP contribution in [0.25, 0.3) is 0 Å². The van der Waals surface area contributed by atoms with Crippen molar-refractivity contribution in [2.45, 2.75) is 12.0 Å². The Morgan fingerprint density at radius 3 is 2.77 bits per heavy atom. The number of hydrogen-bond donors (Lipinski definition) is 2. The first-order valence-electron chi connectivity index (χ1n) is 4.22. The second-order valence-corrected chi connectivity index (χ2v) is 3.91. The van der Waals surface area contributed by atoms with E-state index in [1.807, 2.05) is 6.07 Å². The number of rotatable bonds is 2. The van der Waals surface area contributed by atoms with Crippen LogP contribution in [0.5, 0.6) is 0 Å². The zero-order valence-corrected chi connectivity index (χ0v) is 7.88. The fraction of sp³-hybridized carbons (Fsp3) is 0.444. The summed E-state index contributed by atoms with van der Waals surface area (Å²) in [5.74, 6) is 0. The van der Waals surface area contributed by atoms with Crippen LogP contribution in [0.2, 0.25) is 5.02 Å². The molecule has 0 spiro atoms. The summed E-state index contributed by atoms with van der Waals surface area (Å²) in [6.45, 7) is 1.30. The Bertz CT molecular complexity index is 295. The predicted octanol–water partition coefficient (Wildman–Crippen LogP) is 0.612. The minimum Gasteiger partial charge on any atom is -0.387 e. The first-order chi connectivity index (χ1) is 6.18. The molecule has 1 aliphatic rings. The standard InChI is InChI=1S/C9H11ClN2O/c10-7-1-2-8(12-4-7)3-9(13)5-11-6-9/h1-2,4,11,13H,3,5-6H2. The highest BCUT2D eigenvalue weighted by Crippen LogP contribution is 2.17. The Morgan fingerprint density at radius 2 is 2.31 bits per heavy atom. The van der Waals surface area contributed by atoms with Crippen LogP contribution in [0.3, 0.4) is 0 Å². The van der Waals surface area contributed by atoms with Crippen molar-refractivity contribution in [3.05, 3.63) is 29.0 Å². The smallest absolute Gasteiger partial charge is 0.0950 e. The molecule has 2 N–H and O–H groups in total. The van der Waals surface area contributed by atoms with Crippen molar-refractivity contribution in [1.29, 1.82) is 0 Å². The van der Waals surface area contributed by atoms with Crippen molar-refractivity contribution in [1.82, 2.24) is 10.3 Å². The normalized spacial score (nSPS) is 19.5. The van der Waals surface area contributed by atoms with E-state index in [-0.39, 0.29) is 0 Å². The van der Waals surface area contributed by atoms with Crippen molar-refractivity contribution >= 4 is 11.6 Å². The van der Waals surface area contributed by atoms with Gasteiger partial charge < -0.3 is 10.4 Å². The van der Waals surface area contributed by atoms with Gasteiger partial charge in [0.05, 0.1) is 10.6 Å². The Hall–Kier alpha value is -0.640. The highest BCUT2D eigenvalue weighted by atomic mass is 35.5. The second-order valence-electron chi connectivity index (χ2n) is 3.47. The first kappa shape index (κ1) is 8.94. The Kier molecular flexibility index (Phi) is 2.24. The van der Waals surface area contributed by atoms with Gasteiger partial charge in [0, 0.05) is 31.4 Å². The van der Waals surface area contributed by atoms with Gasteiger partial charge >= 0.3 is 0 Å². The zero-order chi connectivity index (χ0) is 9.31. The molecule has 1 fully saturated rings. The van der Waals surface area contributed by atoms with Gasteiger partial charge in [-0.25, -0.2) is 0 Å². The molecule has 0 saturated carbocycles. The molecule has 1 aromatic heterocycles. The number of halogens is 1. The van der Waals surface area contributed by atoms with E-state index in [9.17, 15) is 5.11 Å². The third-order valence-corrected chi connectivity index (χ3v) is 2.43. The van der Waals surface area contributed by atoms with E-state index in [0.29, 0.717) is 24.5 Å². The van der Waals surface area contributed by atoms with Gasteiger partial charge in [0.1, 0.15) is 0 Å². The summed E-state index contributed by atoms with van der Waals surface area (Å²) in [6, 6.07) is 3.64. The molecule has 0 bridgehead atoms. The van der Waals surface area contributed by atoms with Crippen LogP contribution in [0.4, 0.5) is 0 Å². The molecule has 1 saturated heterocycles. The van der Waals surface area contributed by atoms with Crippen molar-refractivity contribution in [3.63, 3.8) is 0 Å². The average Bonchev–Trinajstić information content (AvgIpc) is 2.06. The van der Waals surface area contributed by atoms with Gasteiger partial charge in [-0.05, 0) is 12.1 Å². The van der Waals surface area contributed by atoms with Crippen LogP contribution in [0.15, 0.2) is 18.3 Å².